The lowest BCUT2D eigenvalue weighted by molar-refractivity contribution is -0.384. The summed E-state index contributed by atoms with van der Waals surface area (Å²) in [7, 11) is -4.58. The van der Waals surface area contributed by atoms with Crippen LogP contribution < -0.4 is 19.7 Å². The number of nitrogens with zero attached hydrogens (tertiary/aromatic N) is 6. The van der Waals surface area contributed by atoms with Crippen LogP contribution in [0.2, 0.25) is 0 Å². The van der Waals surface area contributed by atoms with Crippen LogP contribution in [0.15, 0.2) is 59.9 Å². The normalized spacial score (nSPS) is 21.9. The third-order valence-electron chi connectivity index (χ3n) is 13.2. The molecular weight excluding hydrogens is 759 g/mol. The van der Waals surface area contributed by atoms with Crippen LogP contribution in [0, 0.1) is 27.4 Å². The number of anilines is 2. The van der Waals surface area contributed by atoms with E-state index in [0.29, 0.717) is 47.3 Å². The van der Waals surface area contributed by atoms with Crippen LogP contribution in [-0.4, -0.2) is 102 Å². The number of aromatic amines is 1. The molecule has 2 saturated carbocycles. The molecule has 15 nitrogen and oxygen atoms in total. The average molecular weight is 814 g/mol. The van der Waals surface area contributed by atoms with Crippen molar-refractivity contribution >= 4 is 44.2 Å². The highest BCUT2D eigenvalue weighted by Gasteiger charge is 2.48. The van der Waals surface area contributed by atoms with Crippen molar-refractivity contribution in [2.45, 2.75) is 89.1 Å². The molecular formula is C42H55N9O6S. The Morgan fingerprint density at radius 2 is 1.74 bits per heavy atom. The second kappa shape index (κ2) is 16.5. The molecule has 1 spiro atoms. The maximum Gasteiger partial charge on any atom is 0.312 e. The molecule has 3 N–H and O–H groups in total. The number of nitro groups is 1. The van der Waals surface area contributed by atoms with Crippen molar-refractivity contribution in [3.8, 4) is 11.5 Å². The summed E-state index contributed by atoms with van der Waals surface area (Å²) < 4.78 is 35.6. The lowest BCUT2D eigenvalue weighted by Crippen LogP contribution is -2.59. The molecule has 5 heterocycles. The smallest absolute Gasteiger partial charge is 0.312 e. The number of benzene rings is 1. The van der Waals surface area contributed by atoms with Gasteiger partial charge >= 0.3 is 5.69 Å². The van der Waals surface area contributed by atoms with E-state index in [1.54, 1.807) is 30.6 Å². The molecule has 8 rings (SSSR count). The molecule has 310 valence electrons. The van der Waals surface area contributed by atoms with Gasteiger partial charge in [-0.3, -0.25) is 24.7 Å². The zero-order valence-corrected chi connectivity index (χ0v) is 34.5. The molecule has 1 aromatic carbocycles. The molecule has 1 amide bonds. The first kappa shape index (κ1) is 40.0. The van der Waals surface area contributed by atoms with Crippen LogP contribution in [0.25, 0.3) is 11.0 Å². The van der Waals surface area contributed by atoms with Crippen LogP contribution >= 0.6 is 0 Å². The SMILES string of the molecule is CC(C)N1CCN(C2CC3(CCN(c4ccc(C(=O)NS(=O)(=O)c5cnc(NC[C@H]6CC[C@@H](C)CC6)c([N+](=O)[O-])c5)c(Oc5cnc6[nH]ccc6c5)c4)CC3)C2)CC1. The van der Waals surface area contributed by atoms with Crippen molar-refractivity contribution in [1.82, 2.24) is 29.5 Å². The Hall–Kier alpha value is -4.80. The lowest BCUT2D eigenvalue weighted by atomic mass is 9.60. The minimum atomic E-state index is -4.58. The van der Waals surface area contributed by atoms with Crippen LogP contribution in [0.1, 0.15) is 82.5 Å². The van der Waals surface area contributed by atoms with Crippen molar-refractivity contribution in [2.24, 2.45) is 17.3 Å². The molecule has 0 radical (unpaired) electrons. The number of piperazine rings is 1. The third-order valence-corrected chi connectivity index (χ3v) is 14.5. The number of ether oxygens (including phenoxy) is 1. The molecule has 4 aromatic rings. The van der Waals surface area contributed by atoms with E-state index in [0.717, 1.165) is 101 Å². The van der Waals surface area contributed by atoms with Crippen LogP contribution in [0.5, 0.6) is 11.5 Å². The van der Waals surface area contributed by atoms with Gasteiger partial charge in [-0.05, 0) is 93.9 Å². The molecule has 2 aliphatic heterocycles. The number of nitrogens with one attached hydrogen (secondary N) is 3. The molecule has 3 aromatic heterocycles. The molecule has 58 heavy (non-hydrogen) atoms. The summed E-state index contributed by atoms with van der Waals surface area (Å²) in [5.74, 6) is 0.605. The first-order chi connectivity index (χ1) is 27.8. The predicted molar refractivity (Wildman–Crippen MR) is 223 cm³/mol. The number of amides is 1. The van der Waals surface area contributed by atoms with Gasteiger partial charge in [-0.25, -0.2) is 23.1 Å². The summed E-state index contributed by atoms with van der Waals surface area (Å²) in [5, 5.41) is 15.9. The second-order valence-electron chi connectivity index (χ2n) is 17.3. The van der Waals surface area contributed by atoms with Gasteiger partial charge in [0.05, 0.1) is 22.9 Å². The Kier molecular flexibility index (Phi) is 11.3. The largest absolute Gasteiger partial charge is 0.455 e. The summed E-state index contributed by atoms with van der Waals surface area (Å²) in [5.41, 5.74) is 1.40. The van der Waals surface area contributed by atoms with Gasteiger partial charge in [0, 0.05) is 87.3 Å². The van der Waals surface area contributed by atoms with Crippen LogP contribution in [0.4, 0.5) is 17.2 Å². The number of hydrogen-bond acceptors (Lipinski definition) is 12. The number of aromatic nitrogens is 3. The fourth-order valence-electron chi connectivity index (χ4n) is 9.41. The molecule has 4 aliphatic rings. The number of H-pyrrole nitrogens is 1. The Bertz CT molecular complexity index is 2230. The van der Waals surface area contributed by atoms with Crippen molar-refractivity contribution in [1.29, 1.82) is 0 Å². The van der Waals surface area contributed by atoms with E-state index >= 15 is 0 Å². The first-order valence-corrected chi connectivity index (χ1v) is 22.3. The van der Waals surface area contributed by atoms with Crippen molar-refractivity contribution in [2.75, 3.05) is 56.0 Å². The molecule has 2 saturated heterocycles. The number of sulfonamides is 1. The third kappa shape index (κ3) is 8.64. The van der Waals surface area contributed by atoms with Gasteiger partial charge < -0.3 is 19.9 Å². The Balaban J connectivity index is 0.967. The molecule has 2 aliphatic carbocycles. The summed E-state index contributed by atoms with van der Waals surface area (Å²) in [6.45, 7) is 13.6. The lowest BCUT2D eigenvalue weighted by Gasteiger charge is -2.56. The highest BCUT2D eigenvalue weighted by molar-refractivity contribution is 7.90. The van der Waals surface area contributed by atoms with Gasteiger partial charge in [-0.1, -0.05) is 19.8 Å². The van der Waals surface area contributed by atoms with E-state index in [4.69, 9.17) is 4.74 Å². The predicted octanol–water partition coefficient (Wildman–Crippen LogP) is 6.79. The fraction of sp³-hybridized carbons (Fsp3) is 0.548. The van der Waals surface area contributed by atoms with Gasteiger partial charge in [-0.2, -0.15) is 0 Å². The number of fused-ring (bicyclic) bond motifs is 1. The van der Waals surface area contributed by atoms with E-state index in [9.17, 15) is 23.3 Å². The first-order valence-electron chi connectivity index (χ1n) is 20.8. The number of pyridine rings is 2. The van der Waals surface area contributed by atoms with E-state index < -0.39 is 31.4 Å². The Labute approximate surface area is 340 Å². The van der Waals surface area contributed by atoms with Gasteiger partial charge in [0.2, 0.25) is 5.82 Å². The zero-order valence-electron chi connectivity index (χ0n) is 33.7. The van der Waals surface area contributed by atoms with E-state index in [2.05, 4.69) is 60.5 Å². The number of rotatable bonds is 12. The summed E-state index contributed by atoms with van der Waals surface area (Å²) >= 11 is 0. The zero-order chi connectivity index (χ0) is 40.6. The molecule has 0 atom stereocenters. The maximum absolute atomic E-state index is 13.9. The highest BCUT2D eigenvalue weighted by Crippen LogP contribution is 2.51. The highest BCUT2D eigenvalue weighted by atomic mass is 32.2. The minimum Gasteiger partial charge on any atom is -0.455 e. The van der Waals surface area contributed by atoms with E-state index in [-0.39, 0.29) is 17.1 Å². The monoisotopic (exact) mass is 813 g/mol. The summed E-state index contributed by atoms with van der Waals surface area (Å²) in [4.78, 5) is 43.9. The van der Waals surface area contributed by atoms with Crippen molar-refractivity contribution in [3.63, 3.8) is 0 Å². The summed E-state index contributed by atoms with van der Waals surface area (Å²) in [6.07, 6.45) is 13.2. The fourth-order valence-corrected chi connectivity index (χ4v) is 10.3. The standard InChI is InChI=1S/C42H55N9O6S/c1-28(2)48-16-18-50(19-17-48)33-23-42(24-33)11-14-49(15-12-42)32-8-9-36(38(21-32)57-34-20-31-10-13-43-39(31)45-26-34)41(52)47-58(55,56)35-22-37(51(53)54)40(46-27-35)44-25-30-6-4-29(3)5-7-30/h8-10,13,20-22,26-30,33H,4-7,11-12,14-19,23-25H2,1-3H3,(H,43,45)(H,44,46)(H,47,52)/t29-,30+. The van der Waals surface area contributed by atoms with Crippen LogP contribution in [-0.2, 0) is 10.0 Å². The Morgan fingerprint density at radius 1 is 1.00 bits per heavy atom. The molecule has 0 unspecified atom stereocenters. The summed E-state index contributed by atoms with van der Waals surface area (Å²) in [6, 6.07) is 11.0. The molecule has 16 heteroatoms. The van der Waals surface area contributed by atoms with Gasteiger partial charge in [0.15, 0.2) is 0 Å². The van der Waals surface area contributed by atoms with Crippen molar-refractivity contribution in [3.05, 3.63) is 70.7 Å². The van der Waals surface area contributed by atoms with Gasteiger partial charge in [0.25, 0.3) is 15.9 Å². The maximum atomic E-state index is 13.9. The van der Waals surface area contributed by atoms with E-state index in [1.165, 1.54) is 12.8 Å². The topological polar surface area (TPSA) is 179 Å². The average Bonchev–Trinajstić information content (AvgIpc) is 3.68. The number of piperidine rings is 1. The van der Waals surface area contributed by atoms with E-state index in [1.807, 2.05) is 12.1 Å². The number of carbonyl (C=O) groups excluding carboxylic acids is 1. The van der Waals surface area contributed by atoms with Gasteiger partial charge in [0.1, 0.15) is 22.0 Å². The second-order valence-corrected chi connectivity index (χ2v) is 19.0. The van der Waals surface area contributed by atoms with Crippen LogP contribution in [0.3, 0.4) is 0 Å². The quantitative estimate of drug-likeness (QED) is 0.101. The number of hydrogen-bond donors (Lipinski definition) is 3. The molecule has 4 fully saturated rings. The van der Waals surface area contributed by atoms with Gasteiger partial charge in [-0.15, -0.1) is 0 Å². The molecule has 0 bridgehead atoms. The minimum absolute atomic E-state index is 0.00547. The van der Waals surface area contributed by atoms with Crippen molar-refractivity contribution < 1.29 is 22.9 Å². The Morgan fingerprint density at radius 3 is 2.45 bits per heavy atom. The number of carbonyl (C=O) groups is 1.